The van der Waals surface area contributed by atoms with Crippen molar-refractivity contribution in [1.29, 1.82) is 0 Å². The van der Waals surface area contributed by atoms with Crippen molar-refractivity contribution in [3.63, 3.8) is 0 Å². The highest BCUT2D eigenvalue weighted by Gasteiger charge is 2.13. The number of thiophene rings is 1. The number of hydrogen-bond acceptors (Lipinski definition) is 5. The summed E-state index contributed by atoms with van der Waals surface area (Å²) in [7, 11) is 0. The Bertz CT molecular complexity index is 738. The highest BCUT2D eigenvalue weighted by Crippen LogP contribution is 2.29. The van der Waals surface area contributed by atoms with Gasteiger partial charge in [-0.25, -0.2) is 19.3 Å². The van der Waals surface area contributed by atoms with Gasteiger partial charge in [0.15, 0.2) is 11.6 Å². The van der Waals surface area contributed by atoms with E-state index in [1.807, 2.05) is 13.0 Å². The number of nitrogens with zero attached hydrogens (tertiary/aromatic N) is 3. The molecule has 3 aromatic rings. The summed E-state index contributed by atoms with van der Waals surface area (Å²) < 4.78 is 13.6. The minimum absolute atomic E-state index is 0.122. The Kier molecular flexibility index (Phi) is 2.45. The molecular weight excluding hydrogens is 251 g/mol. The fourth-order valence-corrected chi connectivity index (χ4v) is 2.61. The van der Waals surface area contributed by atoms with Crippen LogP contribution < -0.4 is 5.73 Å². The van der Waals surface area contributed by atoms with E-state index in [0.717, 1.165) is 15.1 Å². The summed E-state index contributed by atoms with van der Waals surface area (Å²) in [4.78, 5) is 14.2. The van der Waals surface area contributed by atoms with Crippen LogP contribution in [0, 0.1) is 12.7 Å². The van der Waals surface area contributed by atoms with E-state index in [0.29, 0.717) is 5.82 Å². The average Bonchev–Trinajstić information content (AvgIpc) is 2.71. The molecular formula is C12H9FN4S. The number of pyridine rings is 1. The number of nitrogen functional groups attached to an aromatic ring is 1. The summed E-state index contributed by atoms with van der Waals surface area (Å²) in [6.45, 7) is 1.97. The van der Waals surface area contributed by atoms with Gasteiger partial charge in [-0.15, -0.1) is 11.3 Å². The normalized spacial score (nSPS) is 11.0. The molecule has 0 aromatic carbocycles. The molecule has 0 saturated carbocycles. The minimum Gasteiger partial charge on any atom is -0.383 e. The van der Waals surface area contributed by atoms with Gasteiger partial charge < -0.3 is 5.73 Å². The lowest BCUT2D eigenvalue weighted by Crippen LogP contribution is -1.99. The third kappa shape index (κ3) is 1.70. The molecule has 3 rings (SSSR count). The van der Waals surface area contributed by atoms with Crippen molar-refractivity contribution in [3.8, 4) is 11.5 Å². The standard InChI is InChI=1S/C12H9FN4S/c1-6-5-7-10(14)16-11(17-12(7)18-6)9-8(13)3-2-4-15-9/h2-5H,1H3,(H2,14,16,17). The van der Waals surface area contributed by atoms with E-state index in [1.165, 1.54) is 29.7 Å². The first kappa shape index (κ1) is 11.0. The Morgan fingerprint density at radius 3 is 2.94 bits per heavy atom. The first-order valence-electron chi connectivity index (χ1n) is 5.29. The molecule has 0 aliphatic rings. The summed E-state index contributed by atoms with van der Waals surface area (Å²) in [6.07, 6.45) is 1.50. The van der Waals surface area contributed by atoms with E-state index in [1.54, 1.807) is 0 Å². The molecule has 0 spiro atoms. The quantitative estimate of drug-likeness (QED) is 0.730. The molecule has 3 aromatic heterocycles. The van der Waals surface area contributed by atoms with Gasteiger partial charge in [-0.3, -0.25) is 0 Å². The van der Waals surface area contributed by atoms with Crippen molar-refractivity contribution < 1.29 is 4.39 Å². The second-order valence-corrected chi connectivity index (χ2v) is 5.08. The van der Waals surface area contributed by atoms with Crippen molar-refractivity contribution >= 4 is 27.4 Å². The number of aromatic nitrogens is 3. The van der Waals surface area contributed by atoms with Crippen LogP contribution in [0.4, 0.5) is 10.2 Å². The van der Waals surface area contributed by atoms with Crippen LogP contribution >= 0.6 is 11.3 Å². The first-order valence-corrected chi connectivity index (χ1v) is 6.11. The predicted molar refractivity (Wildman–Crippen MR) is 69.8 cm³/mol. The highest BCUT2D eigenvalue weighted by molar-refractivity contribution is 7.18. The van der Waals surface area contributed by atoms with Crippen molar-refractivity contribution in [2.75, 3.05) is 5.73 Å². The van der Waals surface area contributed by atoms with E-state index in [2.05, 4.69) is 15.0 Å². The van der Waals surface area contributed by atoms with E-state index < -0.39 is 5.82 Å². The molecule has 0 amide bonds. The zero-order valence-electron chi connectivity index (χ0n) is 9.51. The molecule has 0 radical (unpaired) electrons. The van der Waals surface area contributed by atoms with Gasteiger partial charge in [0.05, 0.1) is 5.39 Å². The lowest BCUT2D eigenvalue weighted by atomic mass is 10.3. The lowest BCUT2D eigenvalue weighted by molar-refractivity contribution is 0.624. The Hall–Kier alpha value is -2.08. The second kappa shape index (κ2) is 3.99. The molecule has 0 bridgehead atoms. The van der Waals surface area contributed by atoms with Crippen LogP contribution in [0.25, 0.3) is 21.7 Å². The van der Waals surface area contributed by atoms with Crippen LogP contribution in [-0.4, -0.2) is 15.0 Å². The van der Waals surface area contributed by atoms with Crippen LogP contribution in [-0.2, 0) is 0 Å². The first-order chi connectivity index (χ1) is 8.65. The van der Waals surface area contributed by atoms with Gasteiger partial charge in [0.25, 0.3) is 0 Å². The number of nitrogens with two attached hydrogens (primary N) is 1. The van der Waals surface area contributed by atoms with Gasteiger partial charge in [0.2, 0.25) is 0 Å². The molecule has 18 heavy (non-hydrogen) atoms. The van der Waals surface area contributed by atoms with E-state index in [4.69, 9.17) is 5.73 Å². The maximum atomic E-state index is 13.6. The van der Waals surface area contributed by atoms with Crippen molar-refractivity contribution in [2.24, 2.45) is 0 Å². The van der Waals surface area contributed by atoms with Gasteiger partial charge in [-0.1, -0.05) is 0 Å². The largest absolute Gasteiger partial charge is 0.383 e. The molecule has 3 heterocycles. The summed E-state index contributed by atoms with van der Waals surface area (Å²) in [5.74, 6) is 0.119. The molecule has 0 aliphatic heterocycles. The SMILES string of the molecule is Cc1cc2c(N)nc(-c3ncccc3F)nc2s1. The van der Waals surface area contributed by atoms with Crippen LogP contribution in [0.15, 0.2) is 24.4 Å². The average molecular weight is 260 g/mol. The zero-order valence-corrected chi connectivity index (χ0v) is 10.3. The summed E-state index contributed by atoms with van der Waals surface area (Å²) in [5.41, 5.74) is 5.99. The zero-order chi connectivity index (χ0) is 12.7. The van der Waals surface area contributed by atoms with Gasteiger partial charge in [-0.05, 0) is 25.1 Å². The summed E-state index contributed by atoms with van der Waals surface area (Å²) in [6, 6.07) is 4.77. The number of rotatable bonds is 1. The number of aryl methyl sites for hydroxylation is 1. The molecule has 4 nitrogen and oxygen atoms in total. The predicted octanol–water partition coefficient (Wildman–Crippen LogP) is 2.78. The van der Waals surface area contributed by atoms with Crippen LogP contribution in [0.2, 0.25) is 0 Å². The highest BCUT2D eigenvalue weighted by atomic mass is 32.1. The van der Waals surface area contributed by atoms with Crippen molar-refractivity contribution in [1.82, 2.24) is 15.0 Å². The van der Waals surface area contributed by atoms with E-state index in [-0.39, 0.29) is 11.5 Å². The Morgan fingerprint density at radius 2 is 2.17 bits per heavy atom. The third-order valence-corrected chi connectivity index (χ3v) is 3.46. The molecule has 2 N–H and O–H groups in total. The van der Waals surface area contributed by atoms with Crippen LogP contribution in [0.1, 0.15) is 4.88 Å². The molecule has 90 valence electrons. The van der Waals surface area contributed by atoms with E-state index >= 15 is 0 Å². The molecule has 0 unspecified atom stereocenters. The Labute approximate surface area is 106 Å². The van der Waals surface area contributed by atoms with Gasteiger partial charge in [-0.2, -0.15) is 0 Å². The van der Waals surface area contributed by atoms with Crippen LogP contribution in [0.5, 0.6) is 0 Å². The Balaban J connectivity index is 2.28. The fourth-order valence-electron chi connectivity index (χ4n) is 1.72. The number of fused-ring (bicyclic) bond motifs is 1. The molecule has 0 fully saturated rings. The van der Waals surface area contributed by atoms with Crippen molar-refractivity contribution in [3.05, 3.63) is 35.1 Å². The monoisotopic (exact) mass is 260 g/mol. The van der Waals surface area contributed by atoms with Gasteiger partial charge in [0, 0.05) is 11.1 Å². The minimum atomic E-state index is -0.454. The third-order valence-electron chi connectivity index (χ3n) is 2.52. The maximum Gasteiger partial charge on any atom is 0.184 e. The molecule has 0 aliphatic carbocycles. The van der Waals surface area contributed by atoms with Gasteiger partial charge >= 0.3 is 0 Å². The van der Waals surface area contributed by atoms with Gasteiger partial charge in [0.1, 0.15) is 16.3 Å². The fraction of sp³-hybridized carbons (Fsp3) is 0.0833. The molecule has 0 saturated heterocycles. The van der Waals surface area contributed by atoms with Crippen molar-refractivity contribution in [2.45, 2.75) is 6.92 Å². The summed E-state index contributed by atoms with van der Waals surface area (Å²) in [5, 5.41) is 0.803. The number of anilines is 1. The lowest BCUT2D eigenvalue weighted by Gasteiger charge is -2.02. The molecule has 0 atom stereocenters. The maximum absolute atomic E-state index is 13.6. The van der Waals surface area contributed by atoms with Crippen LogP contribution in [0.3, 0.4) is 0 Å². The van der Waals surface area contributed by atoms with E-state index in [9.17, 15) is 4.39 Å². The number of halogens is 1. The smallest absolute Gasteiger partial charge is 0.184 e. The number of hydrogen-bond donors (Lipinski definition) is 1. The Morgan fingerprint density at radius 1 is 1.33 bits per heavy atom. The second-order valence-electron chi connectivity index (χ2n) is 3.84. The summed E-state index contributed by atoms with van der Waals surface area (Å²) >= 11 is 1.50. The topological polar surface area (TPSA) is 64.7 Å². The molecule has 6 heteroatoms.